The maximum Gasteiger partial charge on any atom is 0.281 e. The summed E-state index contributed by atoms with van der Waals surface area (Å²) >= 11 is 5.32. The Morgan fingerprint density at radius 1 is 1.16 bits per heavy atom. The topological polar surface area (TPSA) is 50.8 Å². The van der Waals surface area contributed by atoms with E-state index >= 15 is 0 Å². The van der Waals surface area contributed by atoms with Gasteiger partial charge in [-0.3, -0.25) is 9.69 Å². The van der Waals surface area contributed by atoms with Crippen molar-refractivity contribution >= 4 is 35.0 Å². The molecule has 0 atom stereocenters. The first-order valence-electron chi connectivity index (χ1n) is 7.86. The molecule has 5 nitrogen and oxygen atoms in total. The van der Waals surface area contributed by atoms with Crippen molar-refractivity contribution in [2.24, 2.45) is 0 Å². The summed E-state index contributed by atoms with van der Waals surface area (Å²) < 4.78 is 10.6. The highest BCUT2D eigenvalue weighted by Gasteiger charge is 2.31. The van der Waals surface area contributed by atoms with Crippen LogP contribution in [0.1, 0.15) is 12.5 Å². The minimum Gasteiger partial charge on any atom is -0.497 e. The smallest absolute Gasteiger partial charge is 0.281 e. The molecule has 1 amide bonds. The maximum atomic E-state index is 12.7. The third kappa shape index (κ3) is 3.64. The van der Waals surface area contributed by atoms with Gasteiger partial charge in [-0.25, -0.2) is 0 Å². The van der Waals surface area contributed by atoms with Crippen LogP contribution in [0.3, 0.4) is 0 Å². The number of carbonyl (C=O) groups is 1. The fourth-order valence-corrected chi connectivity index (χ4v) is 2.82. The van der Waals surface area contributed by atoms with Crippen LogP contribution < -0.4 is 19.7 Å². The van der Waals surface area contributed by atoms with Crippen molar-refractivity contribution < 1.29 is 14.3 Å². The first-order valence-corrected chi connectivity index (χ1v) is 8.27. The van der Waals surface area contributed by atoms with Crippen molar-refractivity contribution in [3.05, 3.63) is 59.8 Å². The monoisotopic (exact) mass is 354 g/mol. The lowest BCUT2D eigenvalue weighted by Gasteiger charge is -2.14. The molecule has 1 saturated heterocycles. The number of hydrogen-bond donors (Lipinski definition) is 1. The predicted molar refractivity (Wildman–Crippen MR) is 102 cm³/mol. The zero-order valence-electron chi connectivity index (χ0n) is 14.0. The van der Waals surface area contributed by atoms with Crippen LogP contribution in [-0.4, -0.2) is 24.7 Å². The number of hydrogen-bond acceptors (Lipinski definition) is 4. The number of anilines is 1. The van der Waals surface area contributed by atoms with E-state index in [1.165, 1.54) is 4.90 Å². The number of amides is 1. The Bertz CT molecular complexity index is 831. The lowest BCUT2D eigenvalue weighted by molar-refractivity contribution is -0.113. The Balaban J connectivity index is 1.85. The molecule has 1 aliphatic heterocycles. The molecule has 1 heterocycles. The third-order valence-electron chi connectivity index (χ3n) is 3.69. The molecule has 0 spiro atoms. The van der Waals surface area contributed by atoms with Crippen LogP contribution >= 0.6 is 12.2 Å². The summed E-state index contributed by atoms with van der Waals surface area (Å²) in [6.45, 7) is 2.52. The number of nitrogens with one attached hydrogen (secondary N) is 1. The summed E-state index contributed by atoms with van der Waals surface area (Å²) in [4.78, 5) is 14.2. The lowest BCUT2D eigenvalue weighted by Crippen LogP contribution is -2.30. The summed E-state index contributed by atoms with van der Waals surface area (Å²) in [5.74, 6) is 1.28. The van der Waals surface area contributed by atoms with Crippen LogP contribution in [-0.2, 0) is 4.79 Å². The van der Waals surface area contributed by atoms with Crippen molar-refractivity contribution in [1.82, 2.24) is 5.32 Å². The van der Waals surface area contributed by atoms with Crippen molar-refractivity contribution in [2.75, 3.05) is 18.6 Å². The van der Waals surface area contributed by atoms with E-state index in [4.69, 9.17) is 21.7 Å². The Morgan fingerprint density at radius 3 is 2.60 bits per heavy atom. The average Bonchev–Trinajstić information content (AvgIpc) is 2.90. The van der Waals surface area contributed by atoms with E-state index in [0.29, 0.717) is 23.1 Å². The second-order valence-electron chi connectivity index (χ2n) is 5.33. The molecule has 25 heavy (non-hydrogen) atoms. The minimum absolute atomic E-state index is 0.197. The van der Waals surface area contributed by atoms with Gasteiger partial charge in [0, 0.05) is 0 Å². The molecule has 1 N–H and O–H groups in total. The van der Waals surface area contributed by atoms with E-state index in [2.05, 4.69) is 5.32 Å². The molecule has 6 heteroatoms. The molecule has 1 aliphatic rings. The molecule has 2 aromatic carbocycles. The Hall–Kier alpha value is -2.86. The highest BCUT2D eigenvalue weighted by atomic mass is 32.1. The molecule has 0 saturated carbocycles. The highest BCUT2D eigenvalue weighted by molar-refractivity contribution is 7.80. The van der Waals surface area contributed by atoms with Gasteiger partial charge in [-0.15, -0.1) is 0 Å². The average molecular weight is 354 g/mol. The van der Waals surface area contributed by atoms with Gasteiger partial charge in [0.1, 0.15) is 17.2 Å². The number of rotatable bonds is 5. The fraction of sp³-hybridized carbons (Fsp3) is 0.158. The van der Waals surface area contributed by atoms with Gasteiger partial charge >= 0.3 is 0 Å². The normalized spacial score (nSPS) is 15.4. The molecular formula is C19H18N2O3S. The van der Waals surface area contributed by atoms with Crippen LogP contribution in [0.25, 0.3) is 6.08 Å². The van der Waals surface area contributed by atoms with E-state index in [0.717, 1.165) is 17.1 Å². The van der Waals surface area contributed by atoms with Gasteiger partial charge in [-0.1, -0.05) is 12.1 Å². The Labute approximate surface area is 151 Å². The minimum atomic E-state index is -0.197. The summed E-state index contributed by atoms with van der Waals surface area (Å²) in [7, 11) is 1.61. The number of carbonyl (C=O) groups excluding carboxylic acids is 1. The molecule has 0 aliphatic carbocycles. The summed E-state index contributed by atoms with van der Waals surface area (Å²) in [6, 6.07) is 14.7. The van der Waals surface area contributed by atoms with E-state index in [-0.39, 0.29) is 5.91 Å². The molecule has 0 aromatic heterocycles. The van der Waals surface area contributed by atoms with Gasteiger partial charge in [0.2, 0.25) is 0 Å². The van der Waals surface area contributed by atoms with E-state index in [1.807, 2.05) is 55.5 Å². The lowest BCUT2D eigenvalue weighted by atomic mass is 10.2. The second kappa shape index (κ2) is 7.36. The van der Waals surface area contributed by atoms with Crippen LogP contribution in [0.2, 0.25) is 0 Å². The molecule has 0 bridgehead atoms. The van der Waals surface area contributed by atoms with Gasteiger partial charge < -0.3 is 14.8 Å². The number of benzene rings is 2. The van der Waals surface area contributed by atoms with Gasteiger partial charge in [0.05, 0.1) is 19.4 Å². The molecule has 128 valence electrons. The van der Waals surface area contributed by atoms with Crippen molar-refractivity contribution in [3.63, 3.8) is 0 Å². The molecule has 1 fully saturated rings. The second-order valence-corrected chi connectivity index (χ2v) is 5.72. The van der Waals surface area contributed by atoms with Crippen LogP contribution in [0, 0.1) is 0 Å². The molecule has 2 aromatic rings. The number of ether oxygens (including phenoxy) is 2. The van der Waals surface area contributed by atoms with Crippen LogP contribution in [0.4, 0.5) is 5.69 Å². The Kier molecular flexibility index (Phi) is 5.00. The maximum absolute atomic E-state index is 12.7. The fourth-order valence-electron chi connectivity index (χ4n) is 2.53. The van der Waals surface area contributed by atoms with E-state index in [1.54, 1.807) is 13.2 Å². The van der Waals surface area contributed by atoms with Crippen LogP contribution in [0.5, 0.6) is 11.5 Å². The number of methoxy groups -OCH3 is 1. The standard InChI is InChI=1S/C19H18N2O3S/c1-3-24-15-9-7-14(8-10-15)21-18(22)17(20-19(21)25)12-13-5-4-6-16(11-13)23-2/h4-12H,3H2,1-2H3,(H,20,25)/b17-12-. The molecule has 0 radical (unpaired) electrons. The summed E-state index contributed by atoms with van der Waals surface area (Å²) in [5.41, 5.74) is 1.97. The summed E-state index contributed by atoms with van der Waals surface area (Å²) in [6.07, 6.45) is 1.76. The van der Waals surface area contributed by atoms with Gasteiger partial charge in [0.25, 0.3) is 5.91 Å². The molecular weight excluding hydrogens is 336 g/mol. The van der Waals surface area contributed by atoms with Gasteiger partial charge in [-0.05, 0) is 67.2 Å². The first-order chi connectivity index (χ1) is 12.1. The largest absolute Gasteiger partial charge is 0.497 e. The third-order valence-corrected chi connectivity index (χ3v) is 3.97. The van der Waals surface area contributed by atoms with Crippen molar-refractivity contribution in [2.45, 2.75) is 6.92 Å². The van der Waals surface area contributed by atoms with Crippen molar-refractivity contribution in [3.8, 4) is 11.5 Å². The highest BCUT2D eigenvalue weighted by Crippen LogP contribution is 2.25. The first kappa shape index (κ1) is 17.0. The van der Waals surface area contributed by atoms with E-state index in [9.17, 15) is 4.79 Å². The number of nitrogens with zero attached hydrogens (tertiary/aromatic N) is 1. The van der Waals surface area contributed by atoms with Crippen LogP contribution in [0.15, 0.2) is 54.2 Å². The zero-order chi connectivity index (χ0) is 17.8. The predicted octanol–water partition coefficient (Wildman–Crippen LogP) is 3.36. The number of thiocarbonyl (C=S) groups is 1. The Morgan fingerprint density at radius 2 is 1.92 bits per heavy atom. The van der Waals surface area contributed by atoms with E-state index < -0.39 is 0 Å². The van der Waals surface area contributed by atoms with Crippen molar-refractivity contribution in [1.29, 1.82) is 0 Å². The summed E-state index contributed by atoms with van der Waals surface area (Å²) in [5, 5.41) is 3.33. The SMILES string of the molecule is CCOc1ccc(N2C(=O)/C(=C/c3cccc(OC)c3)NC2=S)cc1. The molecule has 0 unspecified atom stereocenters. The quantitative estimate of drug-likeness (QED) is 0.659. The zero-order valence-corrected chi connectivity index (χ0v) is 14.8. The van der Waals surface area contributed by atoms with Gasteiger partial charge in [-0.2, -0.15) is 0 Å². The van der Waals surface area contributed by atoms with Gasteiger partial charge in [0.15, 0.2) is 5.11 Å². The molecule has 3 rings (SSSR count).